The van der Waals surface area contributed by atoms with Gasteiger partial charge < -0.3 is 9.64 Å². The van der Waals surface area contributed by atoms with Crippen molar-refractivity contribution in [1.29, 1.82) is 0 Å². The number of rotatable bonds is 2. The zero-order valence-electron chi connectivity index (χ0n) is 13.7. The Labute approximate surface area is 122 Å². The summed E-state index contributed by atoms with van der Waals surface area (Å²) in [6, 6.07) is 0. The zero-order valence-corrected chi connectivity index (χ0v) is 13.7. The quantitative estimate of drug-likeness (QED) is 0.736. The van der Waals surface area contributed by atoms with Gasteiger partial charge in [-0.3, -0.25) is 0 Å². The van der Waals surface area contributed by atoms with Crippen molar-refractivity contribution in [2.24, 2.45) is 17.8 Å². The van der Waals surface area contributed by atoms with E-state index in [-0.39, 0.29) is 1.43 Å². The average molecular weight is 271 g/mol. The molecule has 2 heterocycles. The Bertz CT molecular complexity index is 207. The first-order chi connectivity index (χ1) is 9.42. The summed E-state index contributed by atoms with van der Waals surface area (Å²) >= 11 is 0. The number of likely N-dealkylation sites (tertiary alicyclic amines) is 1. The van der Waals surface area contributed by atoms with Crippen LogP contribution in [-0.4, -0.2) is 37.7 Å². The van der Waals surface area contributed by atoms with Crippen molar-refractivity contribution < 1.29 is 6.16 Å². The molecule has 19 heavy (non-hydrogen) atoms. The third-order valence-corrected chi connectivity index (χ3v) is 4.66. The molecule has 2 saturated heterocycles. The predicted octanol–water partition coefficient (Wildman–Crippen LogP) is 4.44. The van der Waals surface area contributed by atoms with Gasteiger partial charge in [0.25, 0.3) is 0 Å². The van der Waals surface area contributed by atoms with Crippen LogP contribution in [-0.2, 0) is 4.74 Å². The van der Waals surface area contributed by atoms with E-state index in [4.69, 9.17) is 4.74 Å². The van der Waals surface area contributed by atoms with Gasteiger partial charge >= 0.3 is 0 Å². The van der Waals surface area contributed by atoms with Gasteiger partial charge in [-0.05, 0) is 43.4 Å². The maximum atomic E-state index is 5.42. The van der Waals surface area contributed by atoms with Crippen LogP contribution in [0.15, 0.2) is 0 Å². The molecule has 2 atom stereocenters. The van der Waals surface area contributed by atoms with Gasteiger partial charge in [-0.15, -0.1) is 0 Å². The van der Waals surface area contributed by atoms with Gasteiger partial charge in [0, 0.05) is 34.3 Å². The SMILES string of the molecule is C1CC2CN(CC3CCOCC3)CC2C1.CC.CC.[HH]. The van der Waals surface area contributed by atoms with Crippen LogP contribution in [0.4, 0.5) is 0 Å². The number of hydrogen-bond donors (Lipinski definition) is 0. The van der Waals surface area contributed by atoms with Gasteiger partial charge in [0.15, 0.2) is 0 Å². The molecule has 2 unspecified atom stereocenters. The standard InChI is InChI=1S/C13H23NO.2C2H6.H2/c1-2-12-9-14(10-13(12)3-1)8-11-4-6-15-7-5-11;2*1-2;/h11-13H,1-10H2;2*1-2H3;1H. The van der Waals surface area contributed by atoms with Crippen molar-refractivity contribution in [2.75, 3.05) is 32.8 Å². The zero-order chi connectivity index (χ0) is 14.1. The maximum absolute atomic E-state index is 5.42. The summed E-state index contributed by atoms with van der Waals surface area (Å²) in [5.74, 6) is 3.05. The molecule has 3 fully saturated rings. The van der Waals surface area contributed by atoms with Crippen LogP contribution in [0.3, 0.4) is 0 Å². The maximum Gasteiger partial charge on any atom is 0.0469 e. The summed E-state index contributed by atoms with van der Waals surface area (Å²) in [5, 5.41) is 0. The Hall–Kier alpha value is -0.0800. The summed E-state index contributed by atoms with van der Waals surface area (Å²) in [6.07, 6.45) is 7.11. The number of ether oxygens (including phenoxy) is 1. The van der Waals surface area contributed by atoms with Gasteiger partial charge in [-0.25, -0.2) is 0 Å². The van der Waals surface area contributed by atoms with Crippen LogP contribution in [0.1, 0.15) is 61.2 Å². The summed E-state index contributed by atoms with van der Waals surface area (Å²) in [7, 11) is 0. The fourth-order valence-corrected chi connectivity index (χ4v) is 3.78. The molecule has 0 N–H and O–H groups in total. The van der Waals surface area contributed by atoms with Gasteiger partial charge in [0.05, 0.1) is 0 Å². The Morgan fingerprint density at radius 1 is 0.895 bits per heavy atom. The van der Waals surface area contributed by atoms with E-state index >= 15 is 0 Å². The molecule has 2 aliphatic heterocycles. The molecule has 3 rings (SSSR count). The molecule has 0 radical (unpaired) electrons. The van der Waals surface area contributed by atoms with E-state index in [9.17, 15) is 0 Å². The second kappa shape index (κ2) is 9.77. The predicted molar refractivity (Wildman–Crippen MR) is 85.6 cm³/mol. The van der Waals surface area contributed by atoms with E-state index in [2.05, 4.69) is 4.90 Å². The Balaban J connectivity index is 0.000000667. The summed E-state index contributed by atoms with van der Waals surface area (Å²) < 4.78 is 5.42. The van der Waals surface area contributed by atoms with E-state index < -0.39 is 0 Å². The van der Waals surface area contributed by atoms with E-state index in [1.807, 2.05) is 27.7 Å². The van der Waals surface area contributed by atoms with E-state index in [1.165, 1.54) is 51.7 Å². The van der Waals surface area contributed by atoms with Crippen molar-refractivity contribution in [3.63, 3.8) is 0 Å². The first kappa shape index (κ1) is 17.0. The third-order valence-electron chi connectivity index (χ3n) is 4.66. The second-order valence-electron chi connectivity index (χ2n) is 5.73. The number of hydrogen-bond acceptors (Lipinski definition) is 2. The van der Waals surface area contributed by atoms with Crippen LogP contribution in [0.2, 0.25) is 0 Å². The van der Waals surface area contributed by atoms with Crippen molar-refractivity contribution in [1.82, 2.24) is 4.90 Å². The highest BCUT2D eigenvalue weighted by Crippen LogP contribution is 2.38. The fraction of sp³-hybridized carbons (Fsp3) is 1.00. The van der Waals surface area contributed by atoms with E-state index in [0.29, 0.717) is 0 Å². The molecule has 0 bridgehead atoms. The third kappa shape index (κ3) is 5.07. The van der Waals surface area contributed by atoms with Crippen LogP contribution in [0, 0.1) is 17.8 Å². The summed E-state index contributed by atoms with van der Waals surface area (Å²) in [5.41, 5.74) is 0. The van der Waals surface area contributed by atoms with Crippen LogP contribution >= 0.6 is 0 Å². The van der Waals surface area contributed by atoms with E-state index in [0.717, 1.165) is 31.0 Å². The lowest BCUT2D eigenvalue weighted by Gasteiger charge is -2.27. The van der Waals surface area contributed by atoms with Crippen LogP contribution in [0.5, 0.6) is 0 Å². The van der Waals surface area contributed by atoms with Crippen molar-refractivity contribution >= 4 is 0 Å². The summed E-state index contributed by atoms with van der Waals surface area (Å²) in [4.78, 5) is 2.74. The monoisotopic (exact) mass is 271 g/mol. The minimum atomic E-state index is 0. The second-order valence-corrected chi connectivity index (χ2v) is 5.73. The highest BCUT2D eigenvalue weighted by atomic mass is 16.5. The molecule has 1 saturated carbocycles. The van der Waals surface area contributed by atoms with Crippen LogP contribution in [0.25, 0.3) is 0 Å². The average Bonchev–Trinajstić information content (AvgIpc) is 3.05. The first-order valence-corrected chi connectivity index (χ1v) is 8.72. The Morgan fingerprint density at radius 3 is 1.95 bits per heavy atom. The smallest absolute Gasteiger partial charge is 0.0469 e. The number of nitrogens with zero attached hydrogens (tertiary/aromatic N) is 1. The highest BCUT2D eigenvalue weighted by molar-refractivity contribution is 4.89. The molecule has 0 aromatic heterocycles. The molecule has 1 aliphatic carbocycles. The lowest BCUT2D eigenvalue weighted by atomic mass is 10.00. The molecule has 0 aromatic rings. The largest absolute Gasteiger partial charge is 0.381 e. The van der Waals surface area contributed by atoms with Gasteiger partial charge in [-0.2, -0.15) is 0 Å². The molecule has 0 aromatic carbocycles. The fourth-order valence-electron chi connectivity index (χ4n) is 3.78. The van der Waals surface area contributed by atoms with Gasteiger partial charge in [-0.1, -0.05) is 34.1 Å². The Morgan fingerprint density at radius 2 is 1.42 bits per heavy atom. The molecule has 0 spiro atoms. The Kier molecular flexibility index (Phi) is 8.72. The molecule has 0 amide bonds. The molecule has 2 nitrogen and oxygen atoms in total. The highest BCUT2D eigenvalue weighted by Gasteiger charge is 2.36. The summed E-state index contributed by atoms with van der Waals surface area (Å²) in [6.45, 7) is 14.2. The molecular formula is C17H37NO. The molecular weight excluding hydrogens is 234 g/mol. The van der Waals surface area contributed by atoms with Crippen molar-refractivity contribution in [3.05, 3.63) is 0 Å². The van der Waals surface area contributed by atoms with Crippen LogP contribution < -0.4 is 0 Å². The van der Waals surface area contributed by atoms with E-state index in [1.54, 1.807) is 0 Å². The lowest BCUT2D eigenvalue weighted by Crippen LogP contribution is -2.31. The van der Waals surface area contributed by atoms with Gasteiger partial charge in [0.2, 0.25) is 0 Å². The first-order valence-electron chi connectivity index (χ1n) is 8.72. The van der Waals surface area contributed by atoms with Crippen molar-refractivity contribution in [2.45, 2.75) is 59.8 Å². The topological polar surface area (TPSA) is 12.5 Å². The van der Waals surface area contributed by atoms with Crippen molar-refractivity contribution in [3.8, 4) is 0 Å². The van der Waals surface area contributed by atoms with Gasteiger partial charge in [0.1, 0.15) is 0 Å². The molecule has 2 heteroatoms. The minimum Gasteiger partial charge on any atom is -0.381 e. The molecule has 116 valence electrons. The molecule has 3 aliphatic rings. The lowest BCUT2D eigenvalue weighted by molar-refractivity contribution is 0.0546. The number of fused-ring (bicyclic) bond motifs is 1. The normalized spacial score (nSPS) is 30.9. The minimum absolute atomic E-state index is 0.